The zero-order valence-corrected chi connectivity index (χ0v) is 60.1. The third-order valence-corrected chi connectivity index (χ3v) is 24.5. The summed E-state index contributed by atoms with van der Waals surface area (Å²) in [5, 5.41) is 32.6. The van der Waals surface area contributed by atoms with E-state index in [9.17, 15) is 24.6 Å². The normalized spacial score (nSPS) is 30.6. The molecule has 12 rings (SSSR count). The lowest BCUT2D eigenvalue weighted by molar-refractivity contribution is -0.132. The predicted molar refractivity (Wildman–Crippen MR) is 383 cm³/mol. The number of ether oxygens (including phenoxy) is 2. The third kappa shape index (κ3) is 14.2. The highest BCUT2D eigenvalue weighted by molar-refractivity contribution is 6.32. The minimum atomic E-state index is -0.351. The number of rotatable bonds is 17. The van der Waals surface area contributed by atoms with Crippen LogP contribution in [0.2, 0.25) is 30.1 Å². The van der Waals surface area contributed by atoms with Gasteiger partial charge in [0, 0.05) is 91.1 Å². The Balaban J connectivity index is 0.000000155. The highest BCUT2D eigenvalue weighted by atomic mass is 35.5. The molecule has 0 aromatic heterocycles. The van der Waals surface area contributed by atoms with Gasteiger partial charge in [-0.25, -0.2) is 0 Å². The Hall–Kier alpha value is -5.01. The van der Waals surface area contributed by atoms with Crippen LogP contribution in [0.1, 0.15) is 188 Å². The number of carbonyl (C=O) groups excluding carboxylic acids is 3. The fraction of sp³-hybridized carbons (Fsp3) is 0.500. The number of aryl methyl sites for hydroxylation is 1. The maximum atomic E-state index is 13.1. The standard InChI is InChI=1S/2C27H33Cl2NO3.C24H27Cl2NO/c2*1-4-27-12-11-22(21-10-9-20(13-23(21)29)33-15-16(2)14-31)24(18-5-7-19(28)8-6-18)25(27)17(3)30-26(27)32;1-4-24-12-11-19(18-10-5-14(2)13-20(18)26)21(16-6-8-17(25)9-7-16)22(24)15(3)27-23(24)28/h2*5-10,13,16-17,22,24-25,31H,4,11-12,14-15H2,1-3H3,(H,30,32);5-10,13,15,19,21-22H,4,11-12H2,1-3H3,(H,27,28)/t16-,17+,22-,24-,25-,27+;16-,17-,22+,24+,25+,27-;15-,19+,21+,22+,24-/m011/s1. The summed E-state index contributed by atoms with van der Waals surface area (Å²) >= 11 is 39.0. The van der Waals surface area contributed by atoms with E-state index >= 15 is 0 Å². The van der Waals surface area contributed by atoms with Crippen molar-refractivity contribution in [2.75, 3.05) is 26.4 Å². The molecule has 3 saturated carbocycles. The summed E-state index contributed by atoms with van der Waals surface area (Å²) in [6.45, 7) is 19.8. The van der Waals surface area contributed by atoms with Crippen molar-refractivity contribution in [3.05, 3.63) is 196 Å². The van der Waals surface area contributed by atoms with Crippen LogP contribution in [0.5, 0.6) is 11.5 Å². The topological polar surface area (TPSA) is 146 Å². The van der Waals surface area contributed by atoms with Crippen molar-refractivity contribution in [2.24, 2.45) is 45.8 Å². The van der Waals surface area contributed by atoms with Gasteiger partial charge in [0.2, 0.25) is 17.7 Å². The van der Waals surface area contributed by atoms with E-state index in [0.29, 0.717) is 44.8 Å². The molecule has 0 bridgehead atoms. The number of benzene rings is 6. The summed E-state index contributed by atoms with van der Waals surface area (Å²) in [6.07, 6.45) is 7.86. The predicted octanol–water partition coefficient (Wildman–Crippen LogP) is 18.9. The SMILES string of the molecule is CC[C@@]12CC[C@@H](c3ccc(C)cc3Cl)[C@H](c3ccc(Cl)cc3)[C@@H]1[C@@H](C)NC2=O.CC[C@@]12CC[C@@H](c3ccc(OC[C@@H](C)CO)cc3Cl)[C@H](c3ccc(Cl)cc3)[C@@H]1[C@@H](C)NC2=O.CC[C@@]12CC[C@@H](c3ccc(OC[C@H](C)CO)cc3Cl)[C@H](c3ccc(Cl)cc3)[C@@H]1[C@@H](C)NC2=O. The van der Waals surface area contributed by atoms with Gasteiger partial charge in [-0.3, -0.25) is 14.4 Å². The highest BCUT2D eigenvalue weighted by Gasteiger charge is 2.62. The van der Waals surface area contributed by atoms with Gasteiger partial charge >= 0.3 is 0 Å². The van der Waals surface area contributed by atoms with E-state index in [1.807, 2.05) is 74.5 Å². The van der Waals surface area contributed by atoms with Crippen molar-refractivity contribution in [3.63, 3.8) is 0 Å². The number of aliphatic hydroxyl groups is 2. The molecule has 16 heteroatoms. The van der Waals surface area contributed by atoms with E-state index < -0.39 is 0 Å². The van der Waals surface area contributed by atoms with Gasteiger partial charge < -0.3 is 35.6 Å². The lowest BCUT2D eigenvalue weighted by Crippen LogP contribution is -2.43. The Morgan fingerprint density at radius 1 is 0.447 bits per heavy atom. The van der Waals surface area contributed by atoms with Crippen molar-refractivity contribution < 1.29 is 34.1 Å². The van der Waals surface area contributed by atoms with Crippen LogP contribution in [0.4, 0.5) is 0 Å². The van der Waals surface area contributed by atoms with Gasteiger partial charge in [-0.15, -0.1) is 0 Å². The highest BCUT2D eigenvalue weighted by Crippen LogP contribution is 2.64. The van der Waals surface area contributed by atoms with E-state index in [4.69, 9.17) is 79.1 Å². The van der Waals surface area contributed by atoms with Crippen LogP contribution in [-0.4, -0.2) is 72.5 Å². The Morgan fingerprint density at radius 3 is 1.00 bits per heavy atom. The summed E-state index contributed by atoms with van der Waals surface area (Å²) < 4.78 is 11.7. The van der Waals surface area contributed by atoms with E-state index in [0.717, 1.165) is 79.0 Å². The number of carbonyl (C=O) groups is 3. The zero-order valence-electron chi connectivity index (χ0n) is 55.6. The Labute approximate surface area is 587 Å². The summed E-state index contributed by atoms with van der Waals surface area (Å²) in [5.41, 5.74) is 7.20. The second-order valence-electron chi connectivity index (χ2n) is 28.1. The first-order valence-corrected chi connectivity index (χ1v) is 36.3. The monoisotopic (exact) mass is 1390 g/mol. The molecule has 3 amide bonds. The lowest BCUT2D eigenvalue weighted by atomic mass is 9.54. The van der Waals surface area contributed by atoms with Gasteiger partial charge in [-0.05, 0) is 227 Å². The molecule has 0 spiro atoms. The van der Waals surface area contributed by atoms with Crippen molar-refractivity contribution in [1.29, 1.82) is 0 Å². The van der Waals surface area contributed by atoms with Crippen LogP contribution in [0.25, 0.3) is 0 Å². The third-order valence-electron chi connectivity index (χ3n) is 22.8. The van der Waals surface area contributed by atoms with Crippen LogP contribution in [0, 0.1) is 52.8 Å². The van der Waals surface area contributed by atoms with E-state index in [-0.39, 0.29) is 130 Å². The summed E-state index contributed by atoms with van der Waals surface area (Å²) in [4.78, 5) is 39.2. The molecule has 17 atom stereocenters. The Morgan fingerprint density at radius 2 is 0.734 bits per heavy atom. The quantitative estimate of drug-likeness (QED) is 0.0611. The average molecular weight is 1400 g/mol. The zero-order chi connectivity index (χ0) is 67.6. The van der Waals surface area contributed by atoms with Crippen LogP contribution < -0.4 is 25.4 Å². The fourth-order valence-corrected chi connectivity index (χ4v) is 19.4. The van der Waals surface area contributed by atoms with Gasteiger partial charge in [-0.1, -0.05) is 165 Å². The van der Waals surface area contributed by atoms with Gasteiger partial charge in [0.05, 0.1) is 29.5 Å². The first-order valence-electron chi connectivity index (χ1n) is 34.0. The van der Waals surface area contributed by atoms with Gasteiger partial charge in [-0.2, -0.15) is 0 Å². The summed E-state index contributed by atoms with van der Waals surface area (Å²) in [6, 6.07) is 42.8. The van der Waals surface area contributed by atoms with E-state index in [1.54, 1.807) is 0 Å². The van der Waals surface area contributed by atoms with Crippen LogP contribution >= 0.6 is 69.6 Å². The molecular weight excluding hydrogens is 1300 g/mol. The number of amides is 3. The number of nitrogens with one attached hydrogen (secondary N) is 3. The molecule has 6 aromatic rings. The van der Waals surface area contributed by atoms with Crippen LogP contribution in [-0.2, 0) is 14.4 Å². The first-order chi connectivity index (χ1) is 45.0. The average Bonchev–Trinajstić information content (AvgIpc) is 1.51. The molecule has 0 radical (unpaired) electrons. The largest absolute Gasteiger partial charge is 0.493 e. The molecule has 3 aliphatic carbocycles. The summed E-state index contributed by atoms with van der Waals surface area (Å²) in [7, 11) is 0. The molecule has 6 fully saturated rings. The molecule has 504 valence electrons. The van der Waals surface area contributed by atoms with Gasteiger partial charge in [0.25, 0.3) is 0 Å². The molecular formula is C78H93Cl6N3O7. The van der Waals surface area contributed by atoms with E-state index in [2.05, 4.69) is 131 Å². The molecule has 6 aromatic carbocycles. The van der Waals surface area contributed by atoms with Crippen molar-refractivity contribution >= 4 is 87.3 Å². The van der Waals surface area contributed by atoms with Crippen molar-refractivity contribution in [2.45, 2.75) is 174 Å². The minimum Gasteiger partial charge on any atom is -0.493 e. The molecule has 3 saturated heterocycles. The second kappa shape index (κ2) is 30.4. The van der Waals surface area contributed by atoms with Crippen molar-refractivity contribution in [3.8, 4) is 11.5 Å². The first kappa shape index (κ1) is 71.8. The Bertz CT molecular complexity index is 3470. The molecule has 5 N–H and O–H groups in total. The second-order valence-corrected chi connectivity index (χ2v) is 30.7. The molecule has 10 nitrogen and oxygen atoms in total. The smallest absolute Gasteiger partial charge is 0.226 e. The number of halogens is 6. The minimum absolute atomic E-state index is 0.0622. The number of hydrogen-bond donors (Lipinski definition) is 5. The maximum absolute atomic E-state index is 13.1. The fourth-order valence-electron chi connectivity index (χ4n) is 18.0. The molecule has 94 heavy (non-hydrogen) atoms. The Kier molecular flexibility index (Phi) is 23.2. The molecule has 0 unspecified atom stereocenters. The van der Waals surface area contributed by atoms with Crippen molar-refractivity contribution in [1.82, 2.24) is 16.0 Å². The lowest BCUT2D eigenvalue weighted by Gasteiger charge is -2.47. The van der Waals surface area contributed by atoms with E-state index in [1.165, 1.54) is 27.8 Å². The summed E-state index contributed by atoms with van der Waals surface area (Å²) in [5.74, 6) is 3.88. The van der Waals surface area contributed by atoms with Gasteiger partial charge in [0.15, 0.2) is 0 Å². The molecule has 3 heterocycles. The van der Waals surface area contributed by atoms with Crippen LogP contribution in [0.15, 0.2) is 127 Å². The number of aliphatic hydroxyl groups excluding tert-OH is 2. The maximum Gasteiger partial charge on any atom is 0.226 e. The van der Waals surface area contributed by atoms with Gasteiger partial charge in [0.1, 0.15) is 11.5 Å². The molecule has 6 aliphatic rings. The number of hydrogen-bond acceptors (Lipinski definition) is 7. The number of fused-ring (bicyclic) bond motifs is 3. The molecule has 3 aliphatic heterocycles. The van der Waals surface area contributed by atoms with Crippen LogP contribution in [0.3, 0.4) is 0 Å².